The SMILES string of the molecule is C=CCCCCCCCC(=O)OC(=O)CCCCCCCC=C. The van der Waals surface area contributed by atoms with Crippen LogP contribution in [0.2, 0.25) is 0 Å². The minimum Gasteiger partial charge on any atom is -0.393 e. The Balaban J connectivity index is 3.39. The van der Waals surface area contributed by atoms with Gasteiger partial charge in [-0.05, 0) is 38.5 Å². The van der Waals surface area contributed by atoms with Crippen LogP contribution in [0.15, 0.2) is 25.3 Å². The van der Waals surface area contributed by atoms with Gasteiger partial charge in [0, 0.05) is 12.8 Å². The Morgan fingerprint density at radius 1 is 0.609 bits per heavy atom. The minimum atomic E-state index is -0.368. The highest BCUT2D eigenvalue weighted by atomic mass is 16.6. The Morgan fingerprint density at radius 2 is 0.957 bits per heavy atom. The first-order valence-corrected chi connectivity index (χ1v) is 9.16. The van der Waals surface area contributed by atoms with Gasteiger partial charge in [0.2, 0.25) is 0 Å². The van der Waals surface area contributed by atoms with E-state index in [1.807, 2.05) is 12.2 Å². The maximum Gasteiger partial charge on any atom is 0.313 e. The second-order valence-electron chi connectivity index (χ2n) is 6.04. The lowest BCUT2D eigenvalue weighted by molar-refractivity contribution is -0.159. The summed E-state index contributed by atoms with van der Waals surface area (Å²) in [5.74, 6) is -0.737. The molecule has 0 amide bonds. The van der Waals surface area contributed by atoms with Crippen LogP contribution in [0.4, 0.5) is 0 Å². The van der Waals surface area contributed by atoms with E-state index < -0.39 is 0 Å². The molecule has 0 unspecified atom stereocenters. The third-order valence-corrected chi connectivity index (χ3v) is 3.81. The fourth-order valence-corrected chi connectivity index (χ4v) is 2.41. The summed E-state index contributed by atoms with van der Waals surface area (Å²) in [5.41, 5.74) is 0. The molecule has 0 heterocycles. The number of rotatable bonds is 16. The fraction of sp³-hybridized carbons (Fsp3) is 0.700. The van der Waals surface area contributed by atoms with E-state index in [0.717, 1.165) is 51.4 Å². The molecule has 0 aliphatic carbocycles. The highest BCUT2D eigenvalue weighted by Crippen LogP contribution is 2.10. The summed E-state index contributed by atoms with van der Waals surface area (Å²) >= 11 is 0. The Bertz CT molecular complexity index is 302. The fourth-order valence-electron chi connectivity index (χ4n) is 2.41. The molecule has 0 saturated heterocycles. The van der Waals surface area contributed by atoms with Crippen LogP contribution in [0.3, 0.4) is 0 Å². The average molecular weight is 322 g/mol. The summed E-state index contributed by atoms with van der Waals surface area (Å²) in [5, 5.41) is 0. The van der Waals surface area contributed by atoms with Gasteiger partial charge >= 0.3 is 11.9 Å². The van der Waals surface area contributed by atoms with Crippen molar-refractivity contribution >= 4 is 11.9 Å². The van der Waals surface area contributed by atoms with Crippen molar-refractivity contribution < 1.29 is 14.3 Å². The molecule has 0 atom stereocenters. The molecular formula is C20H34O3. The first-order valence-electron chi connectivity index (χ1n) is 9.16. The van der Waals surface area contributed by atoms with Crippen molar-refractivity contribution in [1.29, 1.82) is 0 Å². The molecule has 0 aromatic heterocycles. The van der Waals surface area contributed by atoms with Gasteiger partial charge in [-0.3, -0.25) is 9.59 Å². The number of hydrogen-bond acceptors (Lipinski definition) is 3. The molecule has 0 N–H and O–H groups in total. The summed E-state index contributed by atoms with van der Waals surface area (Å²) in [4.78, 5) is 23.1. The van der Waals surface area contributed by atoms with Crippen LogP contribution in [0.25, 0.3) is 0 Å². The van der Waals surface area contributed by atoms with E-state index in [-0.39, 0.29) is 11.9 Å². The van der Waals surface area contributed by atoms with Crippen molar-refractivity contribution in [3.63, 3.8) is 0 Å². The van der Waals surface area contributed by atoms with Gasteiger partial charge < -0.3 is 4.74 Å². The van der Waals surface area contributed by atoms with Gasteiger partial charge in [-0.1, -0.05) is 50.7 Å². The van der Waals surface area contributed by atoms with Crippen LogP contribution in [-0.4, -0.2) is 11.9 Å². The van der Waals surface area contributed by atoms with Crippen LogP contribution in [-0.2, 0) is 14.3 Å². The molecule has 3 heteroatoms. The second kappa shape index (κ2) is 17.0. The smallest absolute Gasteiger partial charge is 0.313 e. The van der Waals surface area contributed by atoms with E-state index in [0.29, 0.717) is 12.8 Å². The number of esters is 2. The predicted molar refractivity (Wildman–Crippen MR) is 96.1 cm³/mol. The van der Waals surface area contributed by atoms with Crippen molar-refractivity contribution in [2.24, 2.45) is 0 Å². The zero-order chi connectivity index (χ0) is 17.2. The maximum atomic E-state index is 11.5. The van der Waals surface area contributed by atoms with Crippen molar-refractivity contribution in [2.75, 3.05) is 0 Å². The first-order chi connectivity index (χ1) is 11.2. The molecule has 23 heavy (non-hydrogen) atoms. The summed E-state index contributed by atoms with van der Waals surface area (Å²) in [6.45, 7) is 7.38. The van der Waals surface area contributed by atoms with Crippen molar-refractivity contribution in [3.8, 4) is 0 Å². The van der Waals surface area contributed by atoms with E-state index in [1.54, 1.807) is 0 Å². The molecule has 3 nitrogen and oxygen atoms in total. The molecule has 0 aliphatic heterocycles. The zero-order valence-corrected chi connectivity index (χ0v) is 14.7. The van der Waals surface area contributed by atoms with E-state index in [4.69, 9.17) is 4.74 Å². The summed E-state index contributed by atoms with van der Waals surface area (Å²) in [7, 11) is 0. The minimum absolute atomic E-state index is 0.356. The normalized spacial score (nSPS) is 10.3. The molecule has 0 spiro atoms. The van der Waals surface area contributed by atoms with Crippen molar-refractivity contribution in [1.82, 2.24) is 0 Å². The van der Waals surface area contributed by atoms with E-state index in [9.17, 15) is 9.59 Å². The second-order valence-corrected chi connectivity index (χ2v) is 6.04. The quantitative estimate of drug-likeness (QED) is 0.154. The van der Waals surface area contributed by atoms with Gasteiger partial charge in [0.15, 0.2) is 0 Å². The highest BCUT2D eigenvalue weighted by Gasteiger charge is 2.09. The molecule has 0 fully saturated rings. The number of ether oxygens (including phenoxy) is 1. The number of unbranched alkanes of at least 4 members (excludes halogenated alkanes) is 10. The van der Waals surface area contributed by atoms with Gasteiger partial charge in [0.05, 0.1) is 0 Å². The lowest BCUT2D eigenvalue weighted by atomic mass is 10.1. The molecule has 0 aliphatic rings. The highest BCUT2D eigenvalue weighted by molar-refractivity contribution is 5.85. The first kappa shape index (κ1) is 21.6. The van der Waals surface area contributed by atoms with Crippen molar-refractivity contribution in [3.05, 3.63) is 25.3 Å². The topological polar surface area (TPSA) is 43.4 Å². The Morgan fingerprint density at radius 3 is 1.35 bits per heavy atom. The largest absolute Gasteiger partial charge is 0.393 e. The summed E-state index contributed by atoms with van der Waals surface area (Å²) in [6.07, 6.45) is 17.3. The molecule has 132 valence electrons. The molecule has 0 radical (unpaired) electrons. The monoisotopic (exact) mass is 322 g/mol. The van der Waals surface area contributed by atoms with Gasteiger partial charge in [-0.25, -0.2) is 0 Å². The Kier molecular flexibility index (Phi) is 16.0. The lowest BCUT2D eigenvalue weighted by Crippen LogP contribution is -2.11. The van der Waals surface area contributed by atoms with Gasteiger partial charge in [-0.2, -0.15) is 0 Å². The number of allylic oxidation sites excluding steroid dienone is 2. The van der Waals surface area contributed by atoms with Gasteiger partial charge in [0.1, 0.15) is 0 Å². The summed E-state index contributed by atoms with van der Waals surface area (Å²) < 4.78 is 4.84. The maximum absolute atomic E-state index is 11.5. The third-order valence-electron chi connectivity index (χ3n) is 3.81. The van der Waals surface area contributed by atoms with Crippen LogP contribution in [0.5, 0.6) is 0 Å². The average Bonchev–Trinajstić information content (AvgIpc) is 2.53. The van der Waals surface area contributed by atoms with Crippen LogP contribution >= 0.6 is 0 Å². The number of carbonyl (C=O) groups excluding carboxylic acids is 2. The van der Waals surface area contributed by atoms with Crippen LogP contribution < -0.4 is 0 Å². The van der Waals surface area contributed by atoms with E-state index >= 15 is 0 Å². The van der Waals surface area contributed by atoms with Gasteiger partial charge in [-0.15, -0.1) is 13.2 Å². The summed E-state index contributed by atoms with van der Waals surface area (Å²) in [6, 6.07) is 0. The predicted octanol–water partition coefficient (Wildman–Crippen LogP) is 5.89. The molecule has 0 aromatic carbocycles. The van der Waals surface area contributed by atoms with Crippen LogP contribution in [0.1, 0.15) is 89.9 Å². The molecule has 0 bridgehead atoms. The third kappa shape index (κ3) is 16.8. The lowest BCUT2D eigenvalue weighted by Gasteiger charge is -2.04. The van der Waals surface area contributed by atoms with E-state index in [1.165, 1.54) is 25.7 Å². The number of hydrogen-bond donors (Lipinski definition) is 0. The Labute approximate surface area is 142 Å². The molecule has 0 aromatic rings. The van der Waals surface area contributed by atoms with Crippen LogP contribution in [0, 0.1) is 0 Å². The number of carbonyl (C=O) groups is 2. The standard InChI is InChI=1S/C20H34O3/c1-3-5-7-9-11-13-15-17-19(21)23-20(22)18-16-14-12-10-8-6-4-2/h3-4H,1-2,5-18H2. The van der Waals surface area contributed by atoms with Gasteiger partial charge in [0.25, 0.3) is 0 Å². The molecule has 0 rings (SSSR count). The van der Waals surface area contributed by atoms with Crippen molar-refractivity contribution in [2.45, 2.75) is 89.9 Å². The molecular weight excluding hydrogens is 288 g/mol. The zero-order valence-electron chi connectivity index (χ0n) is 14.7. The Hall–Kier alpha value is -1.38. The van der Waals surface area contributed by atoms with E-state index in [2.05, 4.69) is 13.2 Å². The molecule has 0 saturated carbocycles.